The fourth-order valence-corrected chi connectivity index (χ4v) is 3.91. The van der Waals surface area contributed by atoms with Crippen LogP contribution in [-0.2, 0) is 10.0 Å². The molecule has 0 atom stereocenters. The molecule has 152 valence electrons. The zero-order valence-corrected chi connectivity index (χ0v) is 17.7. The Morgan fingerprint density at radius 1 is 0.933 bits per heavy atom. The summed E-state index contributed by atoms with van der Waals surface area (Å²) in [5.74, 6) is 0.520. The van der Waals surface area contributed by atoms with Crippen molar-refractivity contribution in [3.05, 3.63) is 66.2 Å². The van der Waals surface area contributed by atoms with Crippen molar-refractivity contribution >= 4 is 38.2 Å². The number of sulfonamides is 1. The van der Waals surface area contributed by atoms with Crippen LogP contribution in [0.3, 0.4) is 0 Å². The number of fused-ring (bicyclic) bond motifs is 1. The maximum absolute atomic E-state index is 11.6. The lowest BCUT2D eigenvalue weighted by molar-refractivity contribution is 0.398. The second-order valence-electron chi connectivity index (χ2n) is 6.61. The summed E-state index contributed by atoms with van der Waals surface area (Å²) < 4.78 is 30.8. The van der Waals surface area contributed by atoms with Gasteiger partial charge in [0.25, 0.3) is 0 Å². The molecule has 0 saturated carbocycles. The molecule has 0 radical (unpaired) electrons. The van der Waals surface area contributed by atoms with E-state index in [2.05, 4.69) is 19.7 Å². The number of methoxy groups -OCH3 is 1. The Kier molecular flexibility index (Phi) is 5.27. The molecule has 30 heavy (non-hydrogen) atoms. The van der Waals surface area contributed by atoms with E-state index >= 15 is 0 Å². The highest BCUT2D eigenvalue weighted by Crippen LogP contribution is 2.33. The van der Waals surface area contributed by atoms with E-state index < -0.39 is 10.0 Å². The number of benzene rings is 1. The maximum atomic E-state index is 11.6. The van der Waals surface area contributed by atoms with E-state index in [0.717, 1.165) is 39.4 Å². The van der Waals surface area contributed by atoms with Crippen LogP contribution in [0.5, 0.6) is 5.88 Å². The van der Waals surface area contributed by atoms with Gasteiger partial charge in [-0.15, -0.1) is 0 Å². The van der Waals surface area contributed by atoms with Gasteiger partial charge in [0.1, 0.15) is 0 Å². The third kappa shape index (κ3) is 4.19. The van der Waals surface area contributed by atoms with Crippen molar-refractivity contribution in [1.82, 2.24) is 15.0 Å². The third-order valence-electron chi connectivity index (χ3n) is 4.46. The fourth-order valence-electron chi connectivity index (χ4n) is 3.14. The average molecular weight is 441 g/mol. The molecule has 0 unspecified atom stereocenters. The quantitative estimate of drug-likeness (QED) is 0.462. The smallest absolute Gasteiger partial charge is 0.229 e. The largest absolute Gasteiger partial charge is 0.481 e. The highest BCUT2D eigenvalue weighted by atomic mass is 35.5. The Hall–Kier alpha value is -3.23. The van der Waals surface area contributed by atoms with Crippen LogP contribution in [0.15, 0.2) is 61.1 Å². The van der Waals surface area contributed by atoms with Crippen molar-refractivity contribution in [2.24, 2.45) is 0 Å². The highest BCUT2D eigenvalue weighted by molar-refractivity contribution is 7.92. The summed E-state index contributed by atoms with van der Waals surface area (Å²) in [7, 11) is -1.91. The minimum absolute atomic E-state index is 0.0798. The number of ether oxygens (including phenoxy) is 1. The average Bonchev–Trinajstić information content (AvgIpc) is 2.73. The molecule has 0 fully saturated rings. The van der Waals surface area contributed by atoms with Crippen LogP contribution >= 0.6 is 11.6 Å². The summed E-state index contributed by atoms with van der Waals surface area (Å²) in [5, 5.41) is 1.01. The number of halogens is 1. The molecule has 1 N–H and O–H groups in total. The molecule has 7 nitrogen and oxygen atoms in total. The molecule has 0 aliphatic carbocycles. The summed E-state index contributed by atoms with van der Waals surface area (Å²) in [4.78, 5) is 12.7. The first-order chi connectivity index (χ1) is 14.3. The Morgan fingerprint density at radius 2 is 1.73 bits per heavy atom. The van der Waals surface area contributed by atoms with E-state index in [1.807, 2.05) is 36.4 Å². The van der Waals surface area contributed by atoms with Crippen molar-refractivity contribution in [1.29, 1.82) is 0 Å². The molecule has 3 heterocycles. The van der Waals surface area contributed by atoms with Gasteiger partial charge in [-0.3, -0.25) is 9.71 Å². The molecule has 1 aromatic carbocycles. The third-order valence-corrected chi connectivity index (χ3v) is 5.36. The van der Waals surface area contributed by atoms with E-state index in [-0.39, 0.29) is 10.8 Å². The van der Waals surface area contributed by atoms with Crippen molar-refractivity contribution in [3.8, 4) is 28.1 Å². The second kappa shape index (κ2) is 7.89. The van der Waals surface area contributed by atoms with Crippen LogP contribution in [0.1, 0.15) is 0 Å². The fraction of sp³-hybridized carbons (Fsp3) is 0.0952. The Labute approximate surface area is 178 Å². The van der Waals surface area contributed by atoms with E-state index in [1.54, 1.807) is 31.8 Å². The standard InChI is InChI=1S/C21H17ClN4O3S/c1-29-20-11-14(5-7-24-20)16-6-8-23-18-4-3-13(9-17(16)18)15-10-19(21(22)25-12-15)26-30(2,27)28/h3-12,26H,1-2H3. The van der Waals surface area contributed by atoms with Gasteiger partial charge in [0.05, 0.1) is 24.6 Å². The lowest BCUT2D eigenvalue weighted by Crippen LogP contribution is -2.10. The van der Waals surface area contributed by atoms with Crippen molar-refractivity contribution < 1.29 is 13.2 Å². The molecule has 0 saturated heterocycles. The van der Waals surface area contributed by atoms with E-state index in [9.17, 15) is 8.42 Å². The lowest BCUT2D eigenvalue weighted by atomic mass is 9.98. The first-order valence-electron chi connectivity index (χ1n) is 8.87. The number of hydrogen-bond acceptors (Lipinski definition) is 6. The van der Waals surface area contributed by atoms with Crippen molar-refractivity contribution in [2.75, 3.05) is 18.1 Å². The summed E-state index contributed by atoms with van der Waals surface area (Å²) in [5.41, 5.74) is 4.53. The molecule has 0 amide bonds. The predicted octanol–water partition coefficient (Wildman–Crippen LogP) is 4.39. The molecule has 0 spiro atoms. The molecule has 0 bridgehead atoms. The van der Waals surface area contributed by atoms with Gasteiger partial charge in [0, 0.05) is 35.6 Å². The number of hydrogen-bond donors (Lipinski definition) is 1. The Bertz CT molecular complexity index is 1360. The summed E-state index contributed by atoms with van der Waals surface area (Å²) >= 11 is 6.05. The van der Waals surface area contributed by atoms with Gasteiger partial charge < -0.3 is 4.74 Å². The normalized spacial score (nSPS) is 11.4. The molecule has 4 aromatic rings. The zero-order valence-electron chi connectivity index (χ0n) is 16.1. The number of pyridine rings is 3. The van der Waals surface area contributed by atoms with Gasteiger partial charge in [-0.25, -0.2) is 18.4 Å². The van der Waals surface area contributed by atoms with Crippen molar-refractivity contribution in [3.63, 3.8) is 0 Å². The van der Waals surface area contributed by atoms with Gasteiger partial charge in [0.2, 0.25) is 15.9 Å². The number of aromatic nitrogens is 3. The monoisotopic (exact) mass is 440 g/mol. The zero-order chi connectivity index (χ0) is 21.3. The SMILES string of the molecule is COc1cc(-c2ccnc3ccc(-c4cnc(Cl)c(NS(C)(=O)=O)c4)cc23)ccn1. The molecular formula is C21H17ClN4O3S. The van der Waals surface area contributed by atoms with Crippen molar-refractivity contribution in [2.45, 2.75) is 0 Å². The van der Waals surface area contributed by atoms with Gasteiger partial charge in [-0.05, 0) is 47.0 Å². The number of nitrogens with zero attached hydrogens (tertiary/aromatic N) is 3. The lowest BCUT2D eigenvalue weighted by Gasteiger charge is -2.11. The van der Waals surface area contributed by atoms with Crippen LogP contribution in [0.2, 0.25) is 5.15 Å². The predicted molar refractivity (Wildman–Crippen MR) is 118 cm³/mol. The van der Waals surface area contributed by atoms with E-state index in [0.29, 0.717) is 5.88 Å². The summed E-state index contributed by atoms with van der Waals surface area (Å²) in [6, 6.07) is 13.1. The molecular weight excluding hydrogens is 424 g/mol. The molecule has 0 aliphatic rings. The second-order valence-corrected chi connectivity index (χ2v) is 8.72. The molecule has 4 rings (SSSR count). The number of anilines is 1. The highest BCUT2D eigenvalue weighted by Gasteiger charge is 2.12. The maximum Gasteiger partial charge on any atom is 0.229 e. The van der Waals surface area contributed by atoms with E-state index in [4.69, 9.17) is 16.3 Å². The summed E-state index contributed by atoms with van der Waals surface area (Å²) in [6.45, 7) is 0. The van der Waals surface area contributed by atoms with Gasteiger partial charge in [0.15, 0.2) is 5.15 Å². The van der Waals surface area contributed by atoms with Crippen LogP contribution in [0, 0.1) is 0 Å². The molecule has 3 aromatic heterocycles. The number of nitrogens with one attached hydrogen (secondary N) is 1. The molecule has 0 aliphatic heterocycles. The first kappa shape index (κ1) is 20.1. The topological polar surface area (TPSA) is 94.1 Å². The van der Waals surface area contributed by atoms with E-state index in [1.165, 1.54) is 0 Å². The Morgan fingerprint density at radius 3 is 2.50 bits per heavy atom. The number of rotatable bonds is 5. The van der Waals surface area contributed by atoms with Crippen LogP contribution in [0.25, 0.3) is 33.2 Å². The van der Waals surface area contributed by atoms with Crippen LogP contribution in [-0.4, -0.2) is 36.7 Å². The van der Waals surface area contributed by atoms with Crippen LogP contribution in [0.4, 0.5) is 5.69 Å². The first-order valence-corrected chi connectivity index (χ1v) is 11.1. The van der Waals surface area contributed by atoms with Gasteiger partial charge >= 0.3 is 0 Å². The van der Waals surface area contributed by atoms with Crippen LogP contribution < -0.4 is 9.46 Å². The minimum atomic E-state index is -3.48. The minimum Gasteiger partial charge on any atom is -0.481 e. The van der Waals surface area contributed by atoms with Gasteiger partial charge in [-0.2, -0.15) is 0 Å². The Balaban J connectivity index is 1.85. The molecule has 9 heteroatoms. The van der Waals surface area contributed by atoms with Gasteiger partial charge in [-0.1, -0.05) is 17.7 Å². The summed E-state index contributed by atoms with van der Waals surface area (Å²) in [6.07, 6.45) is 6.11.